The van der Waals surface area contributed by atoms with Gasteiger partial charge in [0.05, 0.1) is 16.8 Å². The van der Waals surface area contributed by atoms with Crippen LogP contribution >= 0.6 is 0 Å². The van der Waals surface area contributed by atoms with Gasteiger partial charge in [0, 0.05) is 17.0 Å². The SMILES string of the molecule is CC/C=C(\NNC(=O)c1cc(C2CC2)nc2ccccc12)c1ccccc1. The quantitative estimate of drug-likeness (QED) is 0.623. The zero-order valence-corrected chi connectivity index (χ0v) is 15.4. The van der Waals surface area contributed by atoms with Crippen LogP contribution < -0.4 is 10.9 Å². The fourth-order valence-electron chi connectivity index (χ4n) is 3.23. The number of amides is 1. The van der Waals surface area contributed by atoms with Crippen LogP contribution in [0.5, 0.6) is 0 Å². The van der Waals surface area contributed by atoms with Crippen LogP contribution in [0.25, 0.3) is 16.6 Å². The minimum atomic E-state index is -0.145. The molecule has 1 aromatic heterocycles. The van der Waals surface area contributed by atoms with Crippen molar-refractivity contribution in [3.63, 3.8) is 0 Å². The summed E-state index contributed by atoms with van der Waals surface area (Å²) in [5.41, 5.74) is 10.5. The molecule has 1 fully saturated rings. The predicted octanol–water partition coefficient (Wildman–Crippen LogP) is 4.80. The Labute approximate surface area is 159 Å². The number of rotatable bonds is 6. The second kappa shape index (κ2) is 7.62. The Balaban J connectivity index is 1.60. The predicted molar refractivity (Wildman–Crippen MR) is 109 cm³/mol. The third kappa shape index (κ3) is 3.85. The van der Waals surface area contributed by atoms with Crippen LogP contribution in [-0.2, 0) is 0 Å². The van der Waals surface area contributed by atoms with Gasteiger partial charge in [-0.1, -0.05) is 61.5 Å². The van der Waals surface area contributed by atoms with Crippen LogP contribution in [0, 0.1) is 0 Å². The number of nitrogens with one attached hydrogen (secondary N) is 2. The Hall–Kier alpha value is -3.14. The van der Waals surface area contributed by atoms with E-state index in [-0.39, 0.29) is 5.91 Å². The van der Waals surface area contributed by atoms with E-state index in [1.165, 1.54) is 0 Å². The molecule has 0 unspecified atom stereocenters. The van der Waals surface area contributed by atoms with E-state index in [1.54, 1.807) is 0 Å². The first kappa shape index (κ1) is 17.3. The Morgan fingerprint density at radius 1 is 1.07 bits per heavy atom. The normalized spacial score (nSPS) is 14.2. The first-order valence-electron chi connectivity index (χ1n) is 9.48. The highest BCUT2D eigenvalue weighted by atomic mass is 16.2. The number of fused-ring (bicyclic) bond motifs is 1. The lowest BCUT2D eigenvalue weighted by atomic mass is 10.1. The number of nitrogens with zero attached hydrogens (tertiary/aromatic N) is 1. The molecule has 3 aromatic rings. The van der Waals surface area contributed by atoms with E-state index in [2.05, 4.69) is 23.9 Å². The first-order valence-corrected chi connectivity index (χ1v) is 9.48. The van der Waals surface area contributed by atoms with E-state index in [4.69, 9.17) is 4.98 Å². The number of hydrogen-bond donors (Lipinski definition) is 2. The molecule has 27 heavy (non-hydrogen) atoms. The van der Waals surface area contributed by atoms with Gasteiger partial charge >= 0.3 is 0 Å². The van der Waals surface area contributed by atoms with Crippen molar-refractivity contribution in [2.75, 3.05) is 0 Å². The Bertz CT molecular complexity index is 991. The topological polar surface area (TPSA) is 54.0 Å². The molecule has 136 valence electrons. The summed E-state index contributed by atoms with van der Waals surface area (Å²) in [5, 5.41) is 0.877. The Kier molecular flexibility index (Phi) is 4.88. The molecular formula is C23H23N3O. The Morgan fingerprint density at radius 2 is 1.81 bits per heavy atom. The van der Waals surface area contributed by atoms with Gasteiger partial charge in [0.15, 0.2) is 0 Å². The summed E-state index contributed by atoms with van der Waals surface area (Å²) in [7, 11) is 0. The molecule has 1 aliphatic rings. The van der Waals surface area contributed by atoms with Gasteiger partial charge in [-0.25, -0.2) is 0 Å². The molecule has 1 heterocycles. The lowest BCUT2D eigenvalue weighted by Crippen LogP contribution is -2.36. The highest BCUT2D eigenvalue weighted by Gasteiger charge is 2.26. The molecule has 0 saturated heterocycles. The van der Waals surface area contributed by atoms with Crippen molar-refractivity contribution in [2.45, 2.75) is 32.1 Å². The summed E-state index contributed by atoms with van der Waals surface area (Å²) >= 11 is 0. The first-order chi connectivity index (χ1) is 13.3. The molecule has 0 bridgehead atoms. The summed E-state index contributed by atoms with van der Waals surface area (Å²) in [6, 6.07) is 19.8. The second-order valence-electron chi connectivity index (χ2n) is 6.86. The summed E-state index contributed by atoms with van der Waals surface area (Å²) in [5.74, 6) is 0.349. The maximum absolute atomic E-state index is 13.0. The van der Waals surface area contributed by atoms with E-state index in [0.29, 0.717) is 11.5 Å². The highest BCUT2D eigenvalue weighted by Crippen LogP contribution is 2.40. The van der Waals surface area contributed by atoms with E-state index in [9.17, 15) is 4.79 Å². The van der Waals surface area contributed by atoms with Gasteiger partial charge in [-0.3, -0.25) is 20.6 Å². The maximum Gasteiger partial charge on any atom is 0.270 e. The number of pyridine rings is 1. The molecule has 2 aromatic carbocycles. The summed E-state index contributed by atoms with van der Waals surface area (Å²) < 4.78 is 0. The van der Waals surface area contributed by atoms with Gasteiger partial charge < -0.3 is 0 Å². The number of hydrogen-bond acceptors (Lipinski definition) is 3. The van der Waals surface area contributed by atoms with Crippen LogP contribution in [0.2, 0.25) is 0 Å². The summed E-state index contributed by atoms with van der Waals surface area (Å²) in [6.45, 7) is 2.07. The molecule has 0 atom stereocenters. The molecular weight excluding hydrogens is 334 g/mol. The van der Waals surface area contributed by atoms with Crippen molar-refractivity contribution in [1.29, 1.82) is 0 Å². The number of carbonyl (C=O) groups is 1. The van der Waals surface area contributed by atoms with E-state index < -0.39 is 0 Å². The molecule has 0 aliphatic heterocycles. The molecule has 4 heteroatoms. The smallest absolute Gasteiger partial charge is 0.270 e. The van der Waals surface area contributed by atoms with Gasteiger partial charge in [-0.2, -0.15) is 0 Å². The van der Waals surface area contributed by atoms with Crippen LogP contribution in [-0.4, -0.2) is 10.9 Å². The van der Waals surface area contributed by atoms with Gasteiger partial charge in [-0.05, 0) is 37.0 Å². The van der Waals surface area contributed by atoms with Crippen LogP contribution in [0.4, 0.5) is 0 Å². The van der Waals surface area contributed by atoms with Gasteiger partial charge in [0.1, 0.15) is 0 Å². The van der Waals surface area contributed by atoms with Gasteiger partial charge in [0.2, 0.25) is 0 Å². The van der Waals surface area contributed by atoms with Crippen LogP contribution in [0.3, 0.4) is 0 Å². The van der Waals surface area contributed by atoms with Crippen molar-refractivity contribution < 1.29 is 4.79 Å². The van der Waals surface area contributed by atoms with E-state index >= 15 is 0 Å². The largest absolute Gasteiger partial charge is 0.298 e. The molecule has 1 saturated carbocycles. The number of hydrazine groups is 1. The third-order valence-electron chi connectivity index (χ3n) is 4.78. The standard InChI is InChI=1S/C23H23N3O/c1-2-8-20(16-9-4-3-5-10-16)25-26-23(27)19-15-22(17-13-14-17)24-21-12-7-6-11-18(19)21/h3-12,15,17,25H,2,13-14H2,1H3,(H,26,27)/b20-8-. The molecule has 4 nitrogen and oxygen atoms in total. The second-order valence-corrected chi connectivity index (χ2v) is 6.86. The van der Waals surface area contributed by atoms with Crippen molar-refractivity contribution >= 4 is 22.5 Å². The number of aromatic nitrogens is 1. The minimum Gasteiger partial charge on any atom is -0.298 e. The number of carbonyl (C=O) groups excluding carboxylic acids is 1. The fourth-order valence-corrected chi connectivity index (χ4v) is 3.23. The minimum absolute atomic E-state index is 0.145. The van der Waals surface area contributed by atoms with Crippen molar-refractivity contribution in [1.82, 2.24) is 15.8 Å². The van der Waals surface area contributed by atoms with Crippen molar-refractivity contribution in [3.05, 3.63) is 83.6 Å². The number of benzene rings is 2. The maximum atomic E-state index is 13.0. The molecule has 4 rings (SSSR count). The Morgan fingerprint density at radius 3 is 2.56 bits per heavy atom. The summed E-state index contributed by atoms with van der Waals surface area (Å²) in [4.78, 5) is 17.7. The fraction of sp³-hybridized carbons (Fsp3) is 0.217. The van der Waals surface area contributed by atoms with Crippen molar-refractivity contribution in [2.24, 2.45) is 0 Å². The average molecular weight is 357 g/mol. The van der Waals surface area contributed by atoms with Crippen molar-refractivity contribution in [3.8, 4) is 0 Å². The molecule has 1 aliphatic carbocycles. The number of allylic oxidation sites excluding steroid dienone is 1. The van der Waals surface area contributed by atoms with Crippen LogP contribution in [0.1, 0.15) is 53.7 Å². The highest BCUT2D eigenvalue weighted by molar-refractivity contribution is 6.06. The zero-order chi connectivity index (χ0) is 18.6. The molecule has 0 radical (unpaired) electrons. The molecule has 2 N–H and O–H groups in total. The molecule has 1 amide bonds. The summed E-state index contributed by atoms with van der Waals surface area (Å²) in [6.07, 6.45) is 5.25. The van der Waals surface area contributed by atoms with Gasteiger partial charge in [-0.15, -0.1) is 0 Å². The number of para-hydroxylation sites is 1. The van der Waals surface area contributed by atoms with Crippen LogP contribution in [0.15, 0.2) is 66.7 Å². The lowest BCUT2D eigenvalue weighted by molar-refractivity contribution is 0.0944. The van der Waals surface area contributed by atoms with E-state index in [1.807, 2.05) is 60.7 Å². The zero-order valence-electron chi connectivity index (χ0n) is 15.4. The van der Waals surface area contributed by atoms with E-state index in [0.717, 1.165) is 47.1 Å². The third-order valence-corrected chi connectivity index (χ3v) is 4.78. The lowest BCUT2D eigenvalue weighted by Gasteiger charge is -2.14. The molecule has 0 spiro atoms. The van der Waals surface area contributed by atoms with Gasteiger partial charge in [0.25, 0.3) is 5.91 Å². The monoisotopic (exact) mass is 357 g/mol. The average Bonchev–Trinajstić information content (AvgIpc) is 3.56.